The van der Waals surface area contributed by atoms with Crippen LogP contribution in [-0.4, -0.2) is 43.1 Å². The second-order valence-electron chi connectivity index (χ2n) is 7.55. The van der Waals surface area contributed by atoms with Gasteiger partial charge in [0.1, 0.15) is 5.75 Å². The van der Waals surface area contributed by atoms with Crippen molar-refractivity contribution in [2.45, 2.75) is 52.7 Å². The number of thiophene rings is 1. The average Bonchev–Trinajstić information content (AvgIpc) is 3.23. The molecule has 2 aromatic rings. The highest BCUT2D eigenvalue weighted by Crippen LogP contribution is 2.20. The molecule has 0 bridgehead atoms. The maximum absolute atomic E-state index is 5.63. The van der Waals surface area contributed by atoms with Gasteiger partial charge >= 0.3 is 0 Å². The van der Waals surface area contributed by atoms with Gasteiger partial charge in [-0.05, 0) is 73.2 Å². The van der Waals surface area contributed by atoms with E-state index in [-0.39, 0.29) is 24.0 Å². The maximum Gasteiger partial charge on any atom is 0.191 e. The standard InChI is InChI=1S/C23H34N4OS.HI/c1-4-24-23(25-15-19-6-7-22(28-5-2)18(3)14-19)26-21-8-11-27(12-9-21)16-20-10-13-29-17-20;/h6-7,10,13-14,17,21H,4-5,8-9,11-12,15-16H2,1-3H3,(H2,24,25,26);1H. The summed E-state index contributed by atoms with van der Waals surface area (Å²) in [5.74, 6) is 1.87. The first-order valence-electron chi connectivity index (χ1n) is 10.7. The van der Waals surface area contributed by atoms with Gasteiger partial charge in [0.05, 0.1) is 13.2 Å². The Labute approximate surface area is 202 Å². The summed E-state index contributed by atoms with van der Waals surface area (Å²) in [4.78, 5) is 7.36. The van der Waals surface area contributed by atoms with E-state index in [2.05, 4.69) is 58.3 Å². The number of benzene rings is 1. The monoisotopic (exact) mass is 542 g/mol. The highest BCUT2D eigenvalue weighted by atomic mass is 127. The van der Waals surface area contributed by atoms with Crippen LogP contribution in [-0.2, 0) is 13.1 Å². The van der Waals surface area contributed by atoms with Gasteiger partial charge in [-0.1, -0.05) is 12.1 Å². The molecule has 3 rings (SSSR count). The first-order chi connectivity index (χ1) is 14.2. The largest absolute Gasteiger partial charge is 0.494 e. The van der Waals surface area contributed by atoms with E-state index >= 15 is 0 Å². The van der Waals surface area contributed by atoms with Gasteiger partial charge in [-0.2, -0.15) is 11.3 Å². The molecule has 7 heteroatoms. The highest BCUT2D eigenvalue weighted by Gasteiger charge is 2.20. The first kappa shape index (κ1) is 24.9. The molecule has 2 heterocycles. The number of nitrogens with zero attached hydrogens (tertiary/aromatic N) is 2. The Morgan fingerprint density at radius 1 is 1.20 bits per heavy atom. The van der Waals surface area contributed by atoms with E-state index in [0.717, 1.165) is 56.3 Å². The second kappa shape index (κ2) is 13.2. The fourth-order valence-electron chi connectivity index (χ4n) is 3.69. The molecule has 0 amide bonds. The number of guanidine groups is 1. The first-order valence-corrected chi connectivity index (χ1v) is 11.6. The van der Waals surface area contributed by atoms with Gasteiger partial charge in [0, 0.05) is 32.2 Å². The Morgan fingerprint density at radius 2 is 2.00 bits per heavy atom. The Bertz CT molecular complexity index is 774. The molecule has 5 nitrogen and oxygen atoms in total. The maximum atomic E-state index is 5.63. The molecule has 166 valence electrons. The van der Waals surface area contributed by atoms with Gasteiger partial charge in [0.15, 0.2) is 5.96 Å². The molecule has 1 fully saturated rings. The van der Waals surface area contributed by atoms with Gasteiger partial charge in [-0.3, -0.25) is 4.90 Å². The normalized spacial score (nSPS) is 15.5. The van der Waals surface area contributed by atoms with Crippen LogP contribution in [0.2, 0.25) is 0 Å². The van der Waals surface area contributed by atoms with E-state index < -0.39 is 0 Å². The Hall–Kier alpha value is -1.32. The molecule has 0 unspecified atom stereocenters. The van der Waals surface area contributed by atoms with Crippen molar-refractivity contribution in [3.8, 4) is 5.75 Å². The van der Waals surface area contributed by atoms with E-state index in [1.54, 1.807) is 11.3 Å². The van der Waals surface area contributed by atoms with Gasteiger partial charge in [0.25, 0.3) is 0 Å². The number of nitrogens with one attached hydrogen (secondary N) is 2. The molecule has 30 heavy (non-hydrogen) atoms. The predicted octanol–water partition coefficient (Wildman–Crippen LogP) is 4.79. The topological polar surface area (TPSA) is 48.9 Å². The summed E-state index contributed by atoms with van der Waals surface area (Å²) in [6.45, 7) is 11.8. The quantitative estimate of drug-likeness (QED) is 0.286. The third-order valence-electron chi connectivity index (χ3n) is 5.22. The summed E-state index contributed by atoms with van der Waals surface area (Å²) in [5.41, 5.74) is 3.80. The smallest absolute Gasteiger partial charge is 0.191 e. The van der Waals surface area contributed by atoms with Crippen LogP contribution in [0.3, 0.4) is 0 Å². The number of rotatable bonds is 8. The number of hydrogen-bond acceptors (Lipinski definition) is 4. The fraction of sp³-hybridized carbons (Fsp3) is 0.522. The lowest BCUT2D eigenvalue weighted by Gasteiger charge is -2.33. The zero-order valence-corrected chi connectivity index (χ0v) is 21.5. The number of likely N-dealkylation sites (tertiary alicyclic amines) is 1. The lowest BCUT2D eigenvalue weighted by atomic mass is 10.0. The lowest BCUT2D eigenvalue weighted by Crippen LogP contribution is -2.48. The molecular formula is C23H35IN4OS. The molecular weight excluding hydrogens is 507 g/mol. The van der Waals surface area contributed by atoms with Crippen LogP contribution in [0.4, 0.5) is 0 Å². The molecule has 1 aromatic carbocycles. The minimum absolute atomic E-state index is 0. The van der Waals surface area contributed by atoms with Crippen LogP contribution < -0.4 is 15.4 Å². The van der Waals surface area contributed by atoms with Crippen molar-refractivity contribution in [3.05, 3.63) is 51.7 Å². The molecule has 0 radical (unpaired) electrons. The minimum atomic E-state index is 0. The summed E-state index contributed by atoms with van der Waals surface area (Å²) in [6.07, 6.45) is 2.30. The Balaban J connectivity index is 0.00000320. The molecule has 2 N–H and O–H groups in total. The van der Waals surface area contributed by atoms with Crippen molar-refractivity contribution >= 4 is 41.3 Å². The second-order valence-corrected chi connectivity index (χ2v) is 8.33. The van der Waals surface area contributed by atoms with Crippen LogP contribution in [0.5, 0.6) is 5.75 Å². The number of piperidine rings is 1. The number of hydrogen-bond donors (Lipinski definition) is 2. The number of ether oxygens (including phenoxy) is 1. The van der Waals surface area contributed by atoms with Crippen molar-refractivity contribution in [2.75, 3.05) is 26.2 Å². The van der Waals surface area contributed by atoms with Crippen molar-refractivity contribution < 1.29 is 4.74 Å². The van der Waals surface area contributed by atoms with E-state index in [0.29, 0.717) is 19.2 Å². The lowest BCUT2D eigenvalue weighted by molar-refractivity contribution is 0.198. The van der Waals surface area contributed by atoms with Gasteiger partial charge < -0.3 is 15.4 Å². The van der Waals surface area contributed by atoms with E-state index in [1.807, 2.05) is 13.0 Å². The zero-order chi connectivity index (χ0) is 20.5. The van der Waals surface area contributed by atoms with Crippen LogP contribution in [0.25, 0.3) is 0 Å². The van der Waals surface area contributed by atoms with Crippen molar-refractivity contribution in [1.82, 2.24) is 15.5 Å². The van der Waals surface area contributed by atoms with Crippen LogP contribution in [0.15, 0.2) is 40.0 Å². The third-order valence-corrected chi connectivity index (χ3v) is 5.95. The molecule has 0 atom stereocenters. The summed E-state index contributed by atoms with van der Waals surface area (Å²) in [6, 6.07) is 9.03. The molecule has 0 saturated carbocycles. The van der Waals surface area contributed by atoms with Gasteiger partial charge in [-0.15, -0.1) is 24.0 Å². The van der Waals surface area contributed by atoms with Crippen molar-refractivity contribution in [1.29, 1.82) is 0 Å². The van der Waals surface area contributed by atoms with E-state index in [9.17, 15) is 0 Å². The van der Waals surface area contributed by atoms with Crippen molar-refractivity contribution in [3.63, 3.8) is 0 Å². The van der Waals surface area contributed by atoms with E-state index in [4.69, 9.17) is 9.73 Å². The Kier molecular flexibility index (Phi) is 11.0. The molecule has 1 saturated heterocycles. The molecule has 1 aliphatic rings. The summed E-state index contributed by atoms with van der Waals surface area (Å²) >= 11 is 1.78. The predicted molar refractivity (Wildman–Crippen MR) is 138 cm³/mol. The highest BCUT2D eigenvalue weighted by molar-refractivity contribution is 14.0. The summed E-state index contributed by atoms with van der Waals surface area (Å²) in [5, 5.41) is 11.5. The summed E-state index contributed by atoms with van der Waals surface area (Å²) in [7, 11) is 0. The van der Waals surface area contributed by atoms with Crippen LogP contribution in [0.1, 0.15) is 43.4 Å². The van der Waals surface area contributed by atoms with Gasteiger partial charge in [0.2, 0.25) is 0 Å². The van der Waals surface area contributed by atoms with Crippen LogP contribution >= 0.6 is 35.3 Å². The molecule has 1 aliphatic heterocycles. The van der Waals surface area contributed by atoms with Crippen LogP contribution in [0, 0.1) is 6.92 Å². The Morgan fingerprint density at radius 3 is 2.63 bits per heavy atom. The summed E-state index contributed by atoms with van der Waals surface area (Å²) < 4.78 is 5.63. The average molecular weight is 543 g/mol. The van der Waals surface area contributed by atoms with Gasteiger partial charge in [-0.25, -0.2) is 4.99 Å². The minimum Gasteiger partial charge on any atom is -0.494 e. The molecule has 0 aliphatic carbocycles. The SMILES string of the molecule is CCNC(=NCc1ccc(OCC)c(C)c1)NC1CCN(Cc2ccsc2)CC1.I. The molecule has 0 spiro atoms. The zero-order valence-electron chi connectivity index (χ0n) is 18.3. The third kappa shape index (κ3) is 7.74. The fourth-order valence-corrected chi connectivity index (χ4v) is 4.35. The number of aliphatic imine (C=N–C) groups is 1. The van der Waals surface area contributed by atoms with Crippen molar-refractivity contribution in [2.24, 2.45) is 4.99 Å². The van der Waals surface area contributed by atoms with E-state index in [1.165, 1.54) is 11.1 Å². The number of halogens is 1. The molecule has 1 aromatic heterocycles. The number of aryl methyl sites for hydroxylation is 1.